The number of benzene rings is 1. The smallest absolute Gasteiger partial charge is 0.416 e. The van der Waals surface area contributed by atoms with E-state index in [-0.39, 0.29) is 30.2 Å². The van der Waals surface area contributed by atoms with Crippen molar-refractivity contribution in [1.29, 1.82) is 0 Å². The summed E-state index contributed by atoms with van der Waals surface area (Å²) in [7, 11) is 0. The molecule has 4 bridgehead atoms. The molecule has 0 aliphatic carbocycles. The van der Waals surface area contributed by atoms with Gasteiger partial charge in [0.15, 0.2) is 5.69 Å². The average Bonchev–Trinajstić information content (AvgIpc) is 3.31. The second-order valence-electron chi connectivity index (χ2n) is 9.75. The molecule has 12 heteroatoms. The first-order valence-electron chi connectivity index (χ1n) is 11.9. The number of rotatable bonds is 4. The van der Waals surface area contributed by atoms with E-state index in [2.05, 4.69) is 20.5 Å². The Morgan fingerprint density at radius 3 is 2.46 bits per heavy atom. The van der Waals surface area contributed by atoms with E-state index >= 15 is 0 Å². The molecule has 1 aliphatic heterocycles. The lowest BCUT2D eigenvalue weighted by molar-refractivity contribution is -0.300. The number of pyridine rings is 1. The predicted octanol–water partition coefficient (Wildman–Crippen LogP) is 6.78. The number of halogens is 5. The number of hydrogen-bond acceptors (Lipinski definition) is 7. The first kappa shape index (κ1) is 26.8. The van der Waals surface area contributed by atoms with Gasteiger partial charge in [-0.1, -0.05) is 43.2 Å². The molecule has 0 unspecified atom stereocenters. The van der Waals surface area contributed by atoms with E-state index in [1.165, 1.54) is 0 Å². The molecular weight excluding hydrogens is 497 g/mol. The molecule has 37 heavy (non-hydrogen) atoms. The summed E-state index contributed by atoms with van der Waals surface area (Å²) >= 11 is 0. The lowest BCUT2D eigenvalue weighted by atomic mass is 9.91. The van der Waals surface area contributed by atoms with Crippen molar-refractivity contribution in [3.05, 3.63) is 53.4 Å². The van der Waals surface area contributed by atoms with Crippen LogP contribution in [0.4, 0.5) is 33.5 Å². The number of nitrogens with one attached hydrogen (secondary N) is 1. The minimum absolute atomic E-state index is 0.149. The number of nitrogen functional groups attached to an aromatic ring is 1. The van der Waals surface area contributed by atoms with Crippen LogP contribution in [0.5, 0.6) is 0 Å². The van der Waals surface area contributed by atoms with Gasteiger partial charge in [-0.25, -0.2) is 13.8 Å². The summed E-state index contributed by atoms with van der Waals surface area (Å²) in [4.78, 5) is 4.19. The fourth-order valence-electron chi connectivity index (χ4n) is 4.33. The van der Waals surface area contributed by atoms with E-state index in [1.807, 2.05) is 0 Å². The highest BCUT2D eigenvalue weighted by Crippen LogP contribution is 2.47. The molecule has 3 heterocycles. The molecule has 3 N–H and O–H groups in total. The first-order chi connectivity index (χ1) is 17.4. The Labute approximate surface area is 210 Å². The number of nitrogens with zero attached hydrogens (tertiary/aromatic N) is 3. The van der Waals surface area contributed by atoms with E-state index in [0.29, 0.717) is 24.8 Å². The van der Waals surface area contributed by atoms with E-state index in [4.69, 9.17) is 14.9 Å². The van der Waals surface area contributed by atoms with Crippen molar-refractivity contribution in [3.8, 4) is 11.6 Å². The standard InChI is InChI=1S/C25H28F5N5O2/c1-23(2)11-7-4-8-12-24(25(28,29)30,36-14-15-9-5-3-6-10-15)22-35-34-21(37-22)18-17(31)13-16(19(26)27)20(32-18)33-23/h3,5-6,9-10,13,19H,4,7-8,11-12,14,31H2,1-2H3,(H,32,33)/t24-/m1/s1. The highest BCUT2D eigenvalue weighted by molar-refractivity contribution is 5.71. The fraction of sp³-hybridized carbons (Fsp3) is 0.480. The van der Waals surface area contributed by atoms with E-state index in [9.17, 15) is 22.0 Å². The summed E-state index contributed by atoms with van der Waals surface area (Å²) in [5.41, 5.74) is 2.07. The second-order valence-corrected chi connectivity index (χ2v) is 9.75. The zero-order valence-corrected chi connectivity index (χ0v) is 20.4. The largest absolute Gasteiger partial charge is 0.426 e. The first-order valence-corrected chi connectivity index (χ1v) is 11.9. The molecule has 200 valence electrons. The van der Waals surface area contributed by atoms with Crippen LogP contribution in [0.2, 0.25) is 0 Å². The Morgan fingerprint density at radius 1 is 1.08 bits per heavy atom. The molecule has 4 rings (SSSR count). The number of hydrogen-bond donors (Lipinski definition) is 2. The van der Waals surface area contributed by atoms with Gasteiger partial charge in [0.25, 0.3) is 18.2 Å². The molecule has 0 fully saturated rings. The lowest BCUT2D eigenvalue weighted by Crippen LogP contribution is -2.45. The van der Waals surface area contributed by atoms with Gasteiger partial charge in [-0.15, -0.1) is 10.2 Å². The monoisotopic (exact) mass is 525 g/mol. The molecule has 0 amide bonds. The van der Waals surface area contributed by atoms with E-state index < -0.39 is 47.5 Å². The van der Waals surface area contributed by atoms with Crippen LogP contribution in [0.3, 0.4) is 0 Å². The maximum atomic E-state index is 14.7. The summed E-state index contributed by atoms with van der Waals surface area (Å²) < 4.78 is 82.8. The third-order valence-corrected chi connectivity index (χ3v) is 6.36. The van der Waals surface area contributed by atoms with Gasteiger partial charge in [0.1, 0.15) is 5.82 Å². The van der Waals surface area contributed by atoms with Crippen molar-refractivity contribution in [2.45, 2.75) is 76.3 Å². The number of alkyl halides is 5. The zero-order valence-electron chi connectivity index (χ0n) is 20.4. The molecule has 0 saturated carbocycles. The third-order valence-electron chi connectivity index (χ3n) is 6.36. The van der Waals surface area contributed by atoms with E-state index in [1.54, 1.807) is 44.2 Å². The van der Waals surface area contributed by atoms with Crippen molar-refractivity contribution in [3.63, 3.8) is 0 Å². The van der Waals surface area contributed by atoms with Gasteiger partial charge < -0.3 is 20.2 Å². The molecule has 2 aromatic heterocycles. The van der Waals surface area contributed by atoms with Crippen LogP contribution in [-0.4, -0.2) is 26.9 Å². The minimum atomic E-state index is -4.90. The number of anilines is 2. The summed E-state index contributed by atoms with van der Waals surface area (Å²) in [6.45, 7) is 3.27. The maximum Gasteiger partial charge on any atom is 0.426 e. The third kappa shape index (κ3) is 5.68. The van der Waals surface area contributed by atoms with Gasteiger partial charge in [-0.2, -0.15) is 13.2 Å². The summed E-state index contributed by atoms with van der Waals surface area (Å²) in [5.74, 6) is -1.37. The minimum Gasteiger partial charge on any atom is -0.416 e. The lowest BCUT2D eigenvalue weighted by Gasteiger charge is -2.33. The SMILES string of the molecule is CC1(C)CCCCC[C@](OCc2ccccc2)(C(F)(F)F)c2nnc(o2)-c2nc(c(C(F)F)cc2N)N1. The van der Waals surface area contributed by atoms with Crippen LogP contribution in [0.25, 0.3) is 11.6 Å². The van der Waals surface area contributed by atoms with Crippen LogP contribution in [0, 0.1) is 0 Å². The Hall–Kier alpha value is -3.28. The second kappa shape index (κ2) is 10.2. The van der Waals surface area contributed by atoms with Gasteiger partial charge >= 0.3 is 6.18 Å². The molecule has 1 aliphatic rings. The zero-order chi connectivity index (χ0) is 26.8. The van der Waals surface area contributed by atoms with Crippen molar-refractivity contribution >= 4 is 11.5 Å². The number of nitrogens with two attached hydrogens (primary N) is 1. The van der Waals surface area contributed by atoms with Gasteiger partial charge in [0, 0.05) is 5.54 Å². The highest BCUT2D eigenvalue weighted by Gasteiger charge is 2.61. The quantitative estimate of drug-likeness (QED) is 0.362. The van der Waals surface area contributed by atoms with Crippen LogP contribution >= 0.6 is 0 Å². The number of aromatic nitrogens is 3. The van der Waals surface area contributed by atoms with Crippen molar-refractivity contribution in [2.24, 2.45) is 0 Å². The van der Waals surface area contributed by atoms with Gasteiger partial charge in [-0.3, -0.25) is 0 Å². The highest BCUT2D eigenvalue weighted by atomic mass is 19.4. The Balaban J connectivity index is 1.83. The average molecular weight is 526 g/mol. The molecular formula is C25H28F5N5O2. The van der Waals surface area contributed by atoms with Crippen LogP contribution in [0.15, 0.2) is 40.8 Å². The van der Waals surface area contributed by atoms with Crippen LogP contribution < -0.4 is 11.1 Å². The molecule has 1 aromatic carbocycles. The number of fused-ring (bicyclic) bond motifs is 5. The summed E-state index contributed by atoms with van der Waals surface area (Å²) in [6, 6.07) is 9.46. The van der Waals surface area contributed by atoms with Gasteiger partial charge in [0.05, 0.1) is 17.9 Å². The maximum absolute atomic E-state index is 14.7. The normalized spacial score (nSPS) is 20.3. The summed E-state index contributed by atoms with van der Waals surface area (Å²) in [6.07, 6.45) is -6.61. The van der Waals surface area contributed by atoms with E-state index in [0.717, 1.165) is 6.07 Å². The predicted molar refractivity (Wildman–Crippen MR) is 127 cm³/mol. The molecule has 0 spiro atoms. The molecule has 0 saturated heterocycles. The van der Waals surface area contributed by atoms with Crippen LogP contribution in [-0.2, 0) is 16.9 Å². The Morgan fingerprint density at radius 2 is 1.78 bits per heavy atom. The molecule has 0 radical (unpaired) electrons. The fourth-order valence-corrected chi connectivity index (χ4v) is 4.33. The molecule has 1 atom stereocenters. The summed E-state index contributed by atoms with van der Waals surface area (Å²) in [5, 5.41) is 10.5. The van der Waals surface area contributed by atoms with Gasteiger partial charge in [-0.05, 0) is 44.7 Å². The molecule has 3 aromatic rings. The van der Waals surface area contributed by atoms with Crippen molar-refractivity contribution in [2.75, 3.05) is 11.1 Å². The van der Waals surface area contributed by atoms with Crippen LogP contribution in [0.1, 0.15) is 69.4 Å². The van der Waals surface area contributed by atoms with Crippen molar-refractivity contribution < 1.29 is 31.1 Å². The molecule has 7 nitrogen and oxygen atoms in total. The Bertz CT molecular complexity index is 1220. The van der Waals surface area contributed by atoms with Crippen molar-refractivity contribution in [1.82, 2.24) is 15.2 Å². The van der Waals surface area contributed by atoms with Gasteiger partial charge in [0.2, 0.25) is 5.60 Å². The Kier molecular flexibility index (Phi) is 7.40. The topological polar surface area (TPSA) is 99.1 Å². The number of ether oxygens (including phenoxy) is 1.